The minimum atomic E-state index is -0.263. The lowest BCUT2D eigenvalue weighted by Gasteiger charge is -2.19. The topological polar surface area (TPSA) is 64.7 Å². The third-order valence-electron chi connectivity index (χ3n) is 4.63. The minimum Gasteiger partial charge on any atom is -0.380 e. The molecule has 0 radical (unpaired) electrons. The van der Waals surface area contributed by atoms with Crippen molar-refractivity contribution in [2.24, 2.45) is 28.6 Å². The van der Waals surface area contributed by atoms with Crippen molar-refractivity contribution in [3.8, 4) is 0 Å². The summed E-state index contributed by atoms with van der Waals surface area (Å²) in [6, 6.07) is 9.31. The second kappa shape index (κ2) is 5.65. The molecule has 4 nitrogen and oxygen atoms in total. The van der Waals surface area contributed by atoms with Gasteiger partial charge in [-0.1, -0.05) is 41.9 Å². The fourth-order valence-electron chi connectivity index (χ4n) is 3.64. The van der Waals surface area contributed by atoms with Crippen LogP contribution in [0, 0.1) is 17.8 Å². The molecule has 2 bridgehead atoms. The average molecular weight is 272 g/mol. The first kappa shape index (κ1) is 13.2. The van der Waals surface area contributed by atoms with E-state index >= 15 is 0 Å². The van der Waals surface area contributed by atoms with Crippen molar-refractivity contribution in [1.82, 2.24) is 0 Å². The van der Waals surface area contributed by atoms with Crippen LogP contribution in [0.3, 0.4) is 0 Å². The summed E-state index contributed by atoms with van der Waals surface area (Å²) in [6.07, 6.45) is 5.57. The highest BCUT2D eigenvalue weighted by Crippen LogP contribution is 2.49. The Morgan fingerprint density at radius 1 is 1.25 bits per heavy atom. The van der Waals surface area contributed by atoms with Crippen LogP contribution in [0.1, 0.15) is 37.7 Å². The number of rotatable bonds is 4. The molecule has 2 N–H and O–H groups in total. The maximum absolute atomic E-state index is 11.8. The molecule has 0 amide bonds. The average Bonchev–Trinajstić information content (AvgIpc) is 3.08. The predicted molar refractivity (Wildman–Crippen MR) is 76.8 cm³/mol. The first-order chi connectivity index (χ1) is 9.72. The zero-order valence-electron chi connectivity index (χ0n) is 11.5. The number of hydrogen-bond acceptors (Lipinski definition) is 3. The van der Waals surface area contributed by atoms with Crippen LogP contribution in [0.2, 0.25) is 0 Å². The molecule has 2 saturated carbocycles. The van der Waals surface area contributed by atoms with Gasteiger partial charge in [0.1, 0.15) is 0 Å². The number of carbonyl (C=O) groups excluding carboxylic acids is 1. The Hall–Kier alpha value is -1.84. The van der Waals surface area contributed by atoms with E-state index in [4.69, 9.17) is 10.6 Å². The molecule has 0 aromatic heterocycles. The molecule has 0 heterocycles. The molecule has 2 aliphatic rings. The smallest absolute Gasteiger partial charge is 0.335 e. The quantitative estimate of drug-likeness (QED) is 0.396. The Morgan fingerprint density at radius 3 is 2.70 bits per heavy atom. The number of amidine groups is 1. The molecule has 0 saturated heterocycles. The number of nitrogens with two attached hydrogens (primary N) is 1. The molecule has 3 unspecified atom stereocenters. The highest BCUT2D eigenvalue weighted by molar-refractivity contribution is 5.97. The van der Waals surface area contributed by atoms with E-state index in [2.05, 4.69) is 5.16 Å². The normalized spacial score (nSPS) is 28.6. The van der Waals surface area contributed by atoms with Crippen LogP contribution in [0.15, 0.2) is 35.5 Å². The molecule has 3 atom stereocenters. The molecule has 0 aliphatic heterocycles. The number of oxime groups is 1. The Kier molecular flexibility index (Phi) is 3.72. The highest BCUT2D eigenvalue weighted by atomic mass is 16.7. The third-order valence-corrected chi connectivity index (χ3v) is 4.63. The standard InChI is InChI=1S/C16H20N2O2/c17-16(12-4-2-1-3-5-12)18-20-15(19)10-14-9-11-6-7-13(14)8-11/h1-5,11,13-14H,6-10H2,(H2,17,18). The SMILES string of the molecule is N/C(=N\OC(=O)CC1CC2CCC1C2)c1ccccc1. The van der Waals surface area contributed by atoms with E-state index < -0.39 is 0 Å². The molecule has 1 aromatic rings. The van der Waals surface area contributed by atoms with Gasteiger partial charge in [0.05, 0.1) is 6.42 Å². The van der Waals surface area contributed by atoms with Crippen LogP contribution in [-0.4, -0.2) is 11.8 Å². The maximum Gasteiger partial charge on any atom is 0.335 e. The first-order valence-electron chi connectivity index (χ1n) is 7.31. The number of nitrogens with zero attached hydrogens (tertiary/aromatic N) is 1. The lowest BCUT2D eigenvalue weighted by Crippen LogP contribution is -2.18. The Balaban J connectivity index is 1.52. The summed E-state index contributed by atoms with van der Waals surface area (Å²) in [7, 11) is 0. The number of fused-ring (bicyclic) bond motifs is 2. The maximum atomic E-state index is 11.8. The Labute approximate surface area is 119 Å². The summed E-state index contributed by atoms with van der Waals surface area (Å²) in [4.78, 5) is 16.8. The van der Waals surface area contributed by atoms with Gasteiger partial charge in [-0.3, -0.25) is 0 Å². The van der Waals surface area contributed by atoms with Gasteiger partial charge in [-0.2, -0.15) is 0 Å². The molecular weight excluding hydrogens is 252 g/mol. The van der Waals surface area contributed by atoms with Crippen molar-refractivity contribution in [2.45, 2.75) is 32.1 Å². The van der Waals surface area contributed by atoms with Crippen LogP contribution < -0.4 is 5.73 Å². The van der Waals surface area contributed by atoms with Crippen molar-refractivity contribution in [3.05, 3.63) is 35.9 Å². The van der Waals surface area contributed by atoms with E-state index in [1.165, 1.54) is 25.7 Å². The van der Waals surface area contributed by atoms with Gasteiger partial charge >= 0.3 is 5.97 Å². The van der Waals surface area contributed by atoms with Crippen molar-refractivity contribution >= 4 is 11.8 Å². The second-order valence-corrected chi connectivity index (χ2v) is 5.94. The summed E-state index contributed by atoms with van der Waals surface area (Å²) >= 11 is 0. The van der Waals surface area contributed by atoms with Crippen LogP contribution in [0.4, 0.5) is 0 Å². The van der Waals surface area contributed by atoms with Gasteiger partial charge in [-0.15, -0.1) is 0 Å². The summed E-state index contributed by atoms with van der Waals surface area (Å²) in [6.45, 7) is 0. The molecule has 106 valence electrons. The fourth-order valence-corrected chi connectivity index (χ4v) is 3.64. The molecule has 2 fully saturated rings. The third kappa shape index (κ3) is 2.84. The summed E-state index contributed by atoms with van der Waals surface area (Å²) in [5.74, 6) is 2.04. The van der Waals surface area contributed by atoms with Gasteiger partial charge in [0.25, 0.3) is 0 Å². The van der Waals surface area contributed by atoms with E-state index in [9.17, 15) is 4.79 Å². The molecule has 20 heavy (non-hydrogen) atoms. The van der Waals surface area contributed by atoms with Crippen LogP contribution in [0.5, 0.6) is 0 Å². The lowest BCUT2D eigenvalue weighted by atomic mass is 9.86. The molecule has 0 spiro atoms. The van der Waals surface area contributed by atoms with E-state index in [1.807, 2.05) is 30.3 Å². The summed E-state index contributed by atoms with van der Waals surface area (Å²) in [5, 5.41) is 3.74. The highest BCUT2D eigenvalue weighted by Gasteiger charge is 2.40. The first-order valence-corrected chi connectivity index (χ1v) is 7.31. The van der Waals surface area contributed by atoms with Gasteiger partial charge < -0.3 is 10.6 Å². The molecule has 1 aromatic carbocycles. The van der Waals surface area contributed by atoms with Gasteiger partial charge in [-0.25, -0.2) is 4.79 Å². The van der Waals surface area contributed by atoms with E-state index in [0.29, 0.717) is 12.3 Å². The molecule has 2 aliphatic carbocycles. The fraction of sp³-hybridized carbons (Fsp3) is 0.500. The van der Waals surface area contributed by atoms with E-state index in [0.717, 1.165) is 17.4 Å². The molecule has 3 rings (SSSR count). The number of benzene rings is 1. The van der Waals surface area contributed by atoms with Crippen molar-refractivity contribution < 1.29 is 9.63 Å². The van der Waals surface area contributed by atoms with Gasteiger partial charge in [-0.05, 0) is 37.0 Å². The Bertz CT molecular complexity index is 512. The van der Waals surface area contributed by atoms with Crippen LogP contribution in [0.25, 0.3) is 0 Å². The number of hydrogen-bond donors (Lipinski definition) is 1. The van der Waals surface area contributed by atoms with Gasteiger partial charge in [0.15, 0.2) is 5.84 Å². The predicted octanol–water partition coefficient (Wildman–Crippen LogP) is 2.68. The van der Waals surface area contributed by atoms with Crippen LogP contribution in [-0.2, 0) is 9.63 Å². The van der Waals surface area contributed by atoms with Crippen LogP contribution >= 0.6 is 0 Å². The molecule has 4 heteroatoms. The number of carbonyl (C=O) groups is 1. The van der Waals surface area contributed by atoms with Crippen molar-refractivity contribution in [1.29, 1.82) is 0 Å². The summed E-state index contributed by atoms with van der Waals surface area (Å²) in [5.41, 5.74) is 6.55. The van der Waals surface area contributed by atoms with E-state index in [-0.39, 0.29) is 11.8 Å². The largest absolute Gasteiger partial charge is 0.380 e. The molecular formula is C16H20N2O2. The zero-order valence-corrected chi connectivity index (χ0v) is 11.5. The Morgan fingerprint density at radius 2 is 2.05 bits per heavy atom. The van der Waals surface area contributed by atoms with Gasteiger partial charge in [0.2, 0.25) is 0 Å². The zero-order chi connectivity index (χ0) is 13.9. The van der Waals surface area contributed by atoms with Gasteiger partial charge in [0, 0.05) is 5.56 Å². The summed E-state index contributed by atoms with van der Waals surface area (Å²) < 4.78 is 0. The monoisotopic (exact) mass is 272 g/mol. The van der Waals surface area contributed by atoms with Crippen molar-refractivity contribution in [3.63, 3.8) is 0 Å². The lowest BCUT2D eigenvalue weighted by molar-refractivity contribution is -0.145. The minimum absolute atomic E-state index is 0.242. The van der Waals surface area contributed by atoms with Crippen molar-refractivity contribution in [2.75, 3.05) is 0 Å². The second-order valence-electron chi connectivity index (χ2n) is 5.94. The van der Waals surface area contributed by atoms with E-state index in [1.54, 1.807) is 0 Å².